The average molecular weight is 475 g/mol. The largest absolute Gasteiger partial charge is 0.378 e. The first-order valence-corrected chi connectivity index (χ1v) is 11.7. The number of hydrogen-bond acceptors (Lipinski definition) is 5. The Bertz CT molecular complexity index is 1290. The van der Waals surface area contributed by atoms with Crippen molar-refractivity contribution in [2.45, 2.75) is 6.04 Å². The quantitative estimate of drug-likeness (QED) is 0.579. The van der Waals surface area contributed by atoms with E-state index in [0.717, 1.165) is 50.8 Å². The van der Waals surface area contributed by atoms with E-state index in [1.54, 1.807) is 30.5 Å². The maximum Gasteiger partial charge on any atom is 0.256 e. The molecule has 8 heteroatoms. The minimum atomic E-state index is -0.644. The van der Waals surface area contributed by atoms with E-state index in [0.29, 0.717) is 28.4 Å². The van der Waals surface area contributed by atoms with Gasteiger partial charge in [-0.2, -0.15) is 0 Å². The van der Waals surface area contributed by atoms with Crippen LogP contribution in [0.15, 0.2) is 54.7 Å². The summed E-state index contributed by atoms with van der Waals surface area (Å²) in [6.45, 7) is 5.46. The number of piperazine rings is 1. The summed E-state index contributed by atoms with van der Waals surface area (Å²) >= 11 is 0. The molecule has 0 saturated carbocycles. The SMILES string of the molecule is O=C1Nc2ccc(-c3c(F)cccc3F)cc2C1=Cc1ccc(N2CCN(C3COC3)CC2)nc1. The highest BCUT2D eigenvalue weighted by Gasteiger charge is 2.29. The molecule has 6 nitrogen and oxygen atoms in total. The molecule has 35 heavy (non-hydrogen) atoms. The number of aromatic nitrogens is 1. The van der Waals surface area contributed by atoms with E-state index in [1.807, 2.05) is 12.1 Å². The summed E-state index contributed by atoms with van der Waals surface area (Å²) in [6, 6.07) is 13.2. The second-order valence-corrected chi connectivity index (χ2v) is 9.03. The number of carbonyl (C=O) groups excluding carboxylic acids is 1. The van der Waals surface area contributed by atoms with Gasteiger partial charge in [-0.3, -0.25) is 9.69 Å². The van der Waals surface area contributed by atoms with Gasteiger partial charge in [0.05, 0.1) is 24.8 Å². The predicted octanol–water partition coefficient (Wildman–Crippen LogP) is 4.04. The molecule has 178 valence electrons. The van der Waals surface area contributed by atoms with Crippen LogP contribution in [0.5, 0.6) is 0 Å². The fourth-order valence-electron chi connectivity index (χ4n) is 4.85. The zero-order chi connectivity index (χ0) is 23.9. The average Bonchev–Trinajstić information content (AvgIpc) is 3.13. The summed E-state index contributed by atoms with van der Waals surface area (Å²) in [7, 11) is 0. The summed E-state index contributed by atoms with van der Waals surface area (Å²) in [5.74, 6) is -0.639. The number of fused-ring (bicyclic) bond motifs is 1. The number of benzene rings is 2. The first-order chi connectivity index (χ1) is 17.1. The molecule has 0 aliphatic carbocycles. The van der Waals surface area contributed by atoms with E-state index in [9.17, 15) is 13.6 Å². The molecule has 1 N–H and O–H groups in total. The lowest BCUT2D eigenvalue weighted by Gasteiger charge is -2.42. The second kappa shape index (κ2) is 8.87. The zero-order valence-electron chi connectivity index (χ0n) is 19.0. The summed E-state index contributed by atoms with van der Waals surface area (Å²) in [5.41, 5.74) is 2.70. The van der Waals surface area contributed by atoms with Crippen LogP contribution < -0.4 is 10.2 Å². The highest BCUT2D eigenvalue weighted by Crippen LogP contribution is 2.37. The molecular formula is C27H24F2N4O2. The molecule has 2 saturated heterocycles. The number of ether oxygens (including phenoxy) is 1. The number of anilines is 2. The Balaban J connectivity index is 1.23. The van der Waals surface area contributed by atoms with Gasteiger partial charge < -0.3 is 15.0 Å². The van der Waals surface area contributed by atoms with Gasteiger partial charge in [-0.05, 0) is 53.6 Å². The maximum atomic E-state index is 14.3. The molecule has 1 amide bonds. The van der Waals surface area contributed by atoms with Crippen molar-refractivity contribution < 1.29 is 18.3 Å². The van der Waals surface area contributed by atoms with E-state index in [1.165, 1.54) is 18.2 Å². The van der Waals surface area contributed by atoms with Gasteiger partial charge in [-0.25, -0.2) is 13.8 Å². The van der Waals surface area contributed by atoms with Gasteiger partial charge in [0.15, 0.2) is 0 Å². The van der Waals surface area contributed by atoms with Crippen molar-refractivity contribution in [3.8, 4) is 11.1 Å². The minimum Gasteiger partial charge on any atom is -0.378 e. The molecule has 3 aliphatic heterocycles. The van der Waals surface area contributed by atoms with Crippen LogP contribution in [0.1, 0.15) is 11.1 Å². The summed E-state index contributed by atoms with van der Waals surface area (Å²) in [5, 5.41) is 2.82. The van der Waals surface area contributed by atoms with Gasteiger partial charge in [-0.15, -0.1) is 0 Å². The molecule has 0 unspecified atom stereocenters. The Labute approximate surface area is 201 Å². The fourth-order valence-corrected chi connectivity index (χ4v) is 4.85. The fraction of sp³-hybridized carbons (Fsp3) is 0.259. The number of hydrogen-bond donors (Lipinski definition) is 1. The second-order valence-electron chi connectivity index (χ2n) is 9.03. The molecule has 3 aromatic rings. The molecule has 6 rings (SSSR count). The molecule has 0 atom stereocenters. The number of nitrogens with zero attached hydrogens (tertiary/aromatic N) is 3. The van der Waals surface area contributed by atoms with Crippen LogP contribution in [-0.4, -0.2) is 61.2 Å². The van der Waals surface area contributed by atoms with Crippen molar-refractivity contribution in [3.63, 3.8) is 0 Å². The highest BCUT2D eigenvalue weighted by molar-refractivity contribution is 6.35. The van der Waals surface area contributed by atoms with Crippen molar-refractivity contribution >= 4 is 29.1 Å². The number of pyridine rings is 1. The third-order valence-electron chi connectivity index (χ3n) is 6.91. The summed E-state index contributed by atoms with van der Waals surface area (Å²) in [4.78, 5) is 22.0. The van der Waals surface area contributed by atoms with Crippen LogP contribution >= 0.6 is 0 Å². The Morgan fingerprint density at radius 3 is 2.43 bits per heavy atom. The molecule has 0 radical (unpaired) electrons. The first kappa shape index (κ1) is 21.9. The summed E-state index contributed by atoms with van der Waals surface area (Å²) in [6.07, 6.45) is 3.51. The molecule has 0 spiro atoms. The number of rotatable bonds is 4. The van der Waals surface area contributed by atoms with E-state index in [-0.39, 0.29) is 11.5 Å². The van der Waals surface area contributed by atoms with E-state index in [2.05, 4.69) is 20.1 Å². The maximum absolute atomic E-state index is 14.3. The van der Waals surface area contributed by atoms with E-state index in [4.69, 9.17) is 4.74 Å². The Morgan fingerprint density at radius 1 is 1.00 bits per heavy atom. The molecule has 2 fully saturated rings. The van der Waals surface area contributed by atoms with Crippen LogP contribution in [0.3, 0.4) is 0 Å². The van der Waals surface area contributed by atoms with Gasteiger partial charge in [0, 0.05) is 49.2 Å². The van der Waals surface area contributed by atoms with Gasteiger partial charge in [0.1, 0.15) is 17.5 Å². The van der Waals surface area contributed by atoms with Gasteiger partial charge in [-0.1, -0.05) is 12.1 Å². The third kappa shape index (κ3) is 4.09. The van der Waals surface area contributed by atoms with Crippen molar-refractivity contribution in [1.82, 2.24) is 9.88 Å². The first-order valence-electron chi connectivity index (χ1n) is 11.7. The Kier molecular flexibility index (Phi) is 5.54. The van der Waals surface area contributed by atoms with Gasteiger partial charge >= 0.3 is 0 Å². The van der Waals surface area contributed by atoms with Gasteiger partial charge in [0.2, 0.25) is 0 Å². The highest BCUT2D eigenvalue weighted by atomic mass is 19.1. The molecule has 1 aromatic heterocycles. The Hall–Kier alpha value is -3.62. The third-order valence-corrected chi connectivity index (χ3v) is 6.91. The molecule has 2 aromatic carbocycles. The lowest BCUT2D eigenvalue weighted by molar-refractivity contribution is -0.110. The van der Waals surface area contributed by atoms with Crippen molar-refractivity contribution in [1.29, 1.82) is 0 Å². The molecule has 0 bridgehead atoms. The smallest absolute Gasteiger partial charge is 0.256 e. The standard InChI is InChI=1S/C27H24F2N4O2/c28-22-2-1-3-23(29)26(22)18-5-6-24-20(13-18)21(27(34)31-24)12-17-4-7-25(30-14-17)33-10-8-32(9-11-33)19-15-35-16-19/h1-7,12-14,19H,8-11,15-16H2,(H,31,34). The van der Waals surface area contributed by atoms with E-state index >= 15 is 0 Å². The number of amides is 1. The van der Waals surface area contributed by atoms with Crippen LogP contribution in [0.4, 0.5) is 20.3 Å². The van der Waals surface area contributed by atoms with E-state index < -0.39 is 11.6 Å². The lowest BCUT2D eigenvalue weighted by Crippen LogP contribution is -2.56. The summed E-state index contributed by atoms with van der Waals surface area (Å²) < 4.78 is 33.9. The topological polar surface area (TPSA) is 57.7 Å². The zero-order valence-corrected chi connectivity index (χ0v) is 19.0. The van der Waals surface area contributed by atoms with Crippen molar-refractivity contribution in [3.05, 3.63) is 77.5 Å². The van der Waals surface area contributed by atoms with Crippen molar-refractivity contribution in [2.75, 3.05) is 49.6 Å². The van der Waals surface area contributed by atoms with Gasteiger partial charge in [0.25, 0.3) is 5.91 Å². The number of carbonyl (C=O) groups is 1. The monoisotopic (exact) mass is 474 g/mol. The van der Waals surface area contributed by atoms with Crippen LogP contribution in [0, 0.1) is 11.6 Å². The Morgan fingerprint density at radius 2 is 1.77 bits per heavy atom. The van der Waals surface area contributed by atoms with Crippen molar-refractivity contribution in [2.24, 2.45) is 0 Å². The molecule has 4 heterocycles. The van der Waals surface area contributed by atoms with Crippen LogP contribution in [0.25, 0.3) is 22.8 Å². The lowest BCUT2D eigenvalue weighted by atomic mass is 9.98. The number of nitrogens with one attached hydrogen (secondary N) is 1. The predicted molar refractivity (Wildman–Crippen MR) is 131 cm³/mol. The number of halogens is 2. The molecule has 3 aliphatic rings. The van der Waals surface area contributed by atoms with Crippen LogP contribution in [-0.2, 0) is 9.53 Å². The normalized spacial score (nSPS) is 19.5. The van der Waals surface area contributed by atoms with Crippen LogP contribution in [0.2, 0.25) is 0 Å². The minimum absolute atomic E-state index is 0.107. The molecular weight excluding hydrogens is 450 g/mol.